The third-order valence-corrected chi connectivity index (χ3v) is 4.25. The molecule has 1 aromatic heterocycles. The molecule has 1 amide bonds. The monoisotopic (exact) mass is 267 g/mol. The van der Waals surface area contributed by atoms with Crippen molar-refractivity contribution in [1.82, 2.24) is 15.6 Å². The molecule has 5 heteroatoms. The summed E-state index contributed by atoms with van der Waals surface area (Å²) < 4.78 is 0. The molecule has 1 atom stereocenters. The predicted molar refractivity (Wildman–Crippen MR) is 73.8 cm³/mol. The maximum Gasteiger partial charge on any atom is 0.237 e. The number of hydrogen-bond acceptors (Lipinski definition) is 4. The standard InChI is InChI=1S/C13H21N3OS/c1-2-12-16-10(9-18-12)6-8-15-13(17)11-5-3-4-7-14-11/h9,11,14H,2-8H2,1H3,(H,15,17)/t11-/m1/s1. The average molecular weight is 267 g/mol. The molecule has 1 fully saturated rings. The first-order chi connectivity index (χ1) is 8.79. The van der Waals surface area contributed by atoms with E-state index in [0.29, 0.717) is 6.54 Å². The number of nitrogens with zero attached hydrogens (tertiary/aromatic N) is 1. The third kappa shape index (κ3) is 3.78. The summed E-state index contributed by atoms with van der Waals surface area (Å²) >= 11 is 1.70. The van der Waals surface area contributed by atoms with Crippen molar-refractivity contribution in [2.24, 2.45) is 0 Å². The summed E-state index contributed by atoms with van der Waals surface area (Å²) in [4.78, 5) is 16.3. The fourth-order valence-corrected chi connectivity index (χ4v) is 2.92. The summed E-state index contributed by atoms with van der Waals surface area (Å²) in [5.74, 6) is 0.139. The molecule has 2 heterocycles. The van der Waals surface area contributed by atoms with E-state index in [4.69, 9.17) is 0 Å². The van der Waals surface area contributed by atoms with E-state index in [1.165, 1.54) is 11.4 Å². The van der Waals surface area contributed by atoms with Crippen molar-refractivity contribution >= 4 is 17.2 Å². The Morgan fingerprint density at radius 3 is 3.17 bits per heavy atom. The molecular formula is C13H21N3OS. The van der Waals surface area contributed by atoms with Gasteiger partial charge in [0.15, 0.2) is 0 Å². The fraction of sp³-hybridized carbons (Fsp3) is 0.692. The first-order valence-corrected chi connectivity index (χ1v) is 7.62. The summed E-state index contributed by atoms with van der Waals surface area (Å²) in [5.41, 5.74) is 1.09. The lowest BCUT2D eigenvalue weighted by atomic mass is 10.0. The molecule has 1 saturated heterocycles. The van der Waals surface area contributed by atoms with E-state index in [1.807, 2.05) is 0 Å². The van der Waals surface area contributed by atoms with Crippen molar-refractivity contribution in [2.75, 3.05) is 13.1 Å². The molecule has 1 aromatic rings. The van der Waals surface area contributed by atoms with Gasteiger partial charge in [-0.1, -0.05) is 13.3 Å². The second-order valence-electron chi connectivity index (χ2n) is 4.63. The lowest BCUT2D eigenvalue weighted by molar-refractivity contribution is -0.123. The summed E-state index contributed by atoms with van der Waals surface area (Å²) in [5, 5.41) is 9.51. The maximum atomic E-state index is 11.9. The average Bonchev–Trinajstić information content (AvgIpc) is 2.87. The Balaban J connectivity index is 1.69. The van der Waals surface area contributed by atoms with E-state index < -0.39 is 0 Å². The lowest BCUT2D eigenvalue weighted by Gasteiger charge is -2.22. The molecule has 0 aliphatic carbocycles. The number of nitrogens with one attached hydrogen (secondary N) is 2. The van der Waals surface area contributed by atoms with Crippen LogP contribution >= 0.6 is 11.3 Å². The second kappa shape index (κ2) is 6.85. The van der Waals surface area contributed by atoms with Gasteiger partial charge < -0.3 is 10.6 Å². The molecule has 0 saturated carbocycles. The van der Waals surface area contributed by atoms with E-state index in [1.54, 1.807) is 11.3 Å². The Kier molecular flexibility index (Phi) is 5.13. The minimum Gasteiger partial charge on any atom is -0.354 e. The van der Waals surface area contributed by atoms with Crippen LogP contribution in [0.15, 0.2) is 5.38 Å². The first kappa shape index (κ1) is 13.5. The molecule has 0 radical (unpaired) electrons. The molecule has 0 aromatic carbocycles. The van der Waals surface area contributed by atoms with Gasteiger partial charge in [0.25, 0.3) is 0 Å². The van der Waals surface area contributed by atoms with Crippen molar-refractivity contribution in [3.63, 3.8) is 0 Å². The number of aromatic nitrogens is 1. The van der Waals surface area contributed by atoms with Crippen LogP contribution in [0, 0.1) is 0 Å². The molecule has 0 unspecified atom stereocenters. The van der Waals surface area contributed by atoms with Crippen molar-refractivity contribution in [3.8, 4) is 0 Å². The first-order valence-electron chi connectivity index (χ1n) is 6.74. The highest BCUT2D eigenvalue weighted by Crippen LogP contribution is 2.10. The van der Waals surface area contributed by atoms with Gasteiger partial charge in [-0.2, -0.15) is 0 Å². The molecule has 0 spiro atoms. The molecule has 4 nitrogen and oxygen atoms in total. The molecule has 1 aliphatic heterocycles. The summed E-state index contributed by atoms with van der Waals surface area (Å²) in [7, 11) is 0. The summed E-state index contributed by atoms with van der Waals surface area (Å²) in [6.07, 6.45) is 5.11. The van der Waals surface area contributed by atoms with Crippen LogP contribution in [0.3, 0.4) is 0 Å². The van der Waals surface area contributed by atoms with Crippen LogP contribution in [0.4, 0.5) is 0 Å². The number of rotatable bonds is 5. The van der Waals surface area contributed by atoms with Gasteiger partial charge in [-0.15, -0.1) is 11.3 Å². The highest BCUT2D eigenvalue weighted by atomic mass is 32.1. The molecule has 18 heavy (non-hydrogen) atoms. The van der Waals surface area contributed by atoms with E-state index in [0.717, 1.165) is 37.9 Å². The third-order valence-electron chi connectivity index (χ3n) is 3.21. The largest absolute Gasteiger partial charge is 0.354 e. The molecule has 2 N–H and O–H groups in total. The minimum absolute atomic E-state index is 0.0142. The zero-order chi connectivity index (χ0) is 12.8. The van der Waals surface area contributed by atoms with Gasteiger partial charge in [0.2, 0.25) is 5.91 Å². The summed E-state index contributed by atoms with van der Waals surface area (Å²) in [6, 6.07) is 0.0142. The number of hydrogen-bond donors (Lipinski definition) is 2. The van der Waals surface area contributed by atoms with Crippen LogP contribution in [-0.4, -0.2) is 30.0 Å². The van der Waals surface area contributed by atoms with Crippen LogP contribution in [0.1, 0.15) is 36.9 Å². The highest BCUT2D eigenvalue weighted by Gasteiger charge is 2.19. The Labute approximate surface area is 112 Å². The number of amides is 1. The predicted octanol–water partition coefficient (Wildman–Crippen LogP) is 1.51. The van der Waals surface area contributed by atoms with Crippen molar-refractivity contribution in [2.45, 2.75) is 45.1 Å². The van der Waals surface area contributed by atoms with Gasteiger partial charge in [-0.25, -0.2) is 4.98 Å². The van der Waals surface area contributed by atoms with Crippen LogP contribution in [-0.2, 0) is 17.6 Å². The van der Waals surface area contributed by atoms with E-state index >= 15 is 0 Å². The quantitative estimate of drug-likeness (QED) is 0.850. The van der Waals surface area contributed by atoms with Gasteiger partial charge in [-0.05, 0) is 25.8 Å². The Bertz CT molecular complexity index is 385. The molecule has 0 bridgehead atoms. The normalized spacial score (nSPS) is 19.7. The maximum absolute atomic E-state index is 11.9. The van der Waals surface area contributed by atoms with Crippen LogP contribution < -0.4 is 10.6 Å². The SMILES string of the molecule is CCc1nc(CCNC(=O)[C@H]2CCCCN2)cs1. The van der Waals surface area contributed by atoms with Crippen molar-refractivity contribution in [1.29, 1.82) is 0 Å². The smallest absolute Gasteiger partial charge is 0.237 e. The lowest BCUT2D eigenvalue weighted by Crippen LogP contribution is -2.47. The molecular weight excluding hydrogens is 246 g/mol. The number of carbonyl (C=O) groups excluding carboxylic acids is 1. The van der Waals surface area contributed by atoms with Gasteiger partial charge in [0.05, 0.1) is 16.7 Å². The highest BCUT2D eigenvalue weighted by molar-refractivity contribution is 7.09. The van der Waals surface area contributed by atoms with Crippen LogP contribution in [0.2, 0.25) is 0 Å². The Morgan fingerprint density at radius 1 is 1.61 bits per heavy atom. The molecule has 2 rings (SSSR count). The minimum atomic E-state index is 0.0142. The van der Waals surface area contributed by atoms with E-state index in [2.05, 4.69) is 27.9 Å². The zero-order valence-electron chi connectivity index (χ0n) is 10.9. The fourth-order valence-electron chi connectivity index (χ4n) is 2.14. The molecule has 1 aliphatic rings. The van der Waals surface area contributed by atoms with Gasteiger partial charge in [-0.3, -0.25) is 4.79 Å². The molecule has 100 valence electrons. The van der Waals surface area contributed by atoms with Gasteiger partial charge >= 0.3 is 0 Å². The topological polar surface area (TPSA) is 54.0 Å². The van der Waals surface area contributed by atoms with Crippen molar-refractivity contribution < 1.29 is 4.79 Å². The van der Waals surface area contributed by atoms with Crippen LogP contribution in [0.25, 0.3) is 0 Å². The number of carbonyl (C=O) groups is 1. The van der Waals surface area contributed by atoms with E-state index in [9.17, 15) is 4.79 Å². The van der Waals surface area contributed by atoms with Crippen molar-refractivity contribution in [3.05, 3.63) is 16.1 Å². The number of piperidine rings is 1. The Hall–Kier alpha value is -0.940. The second-order valence-corrected chi connectivity index (χ2v) is 5.57. The Morgan fingerprint density at radius 2 is 2.50 bits per heavy atom. The van der Waals surface area contributed by atoms with Gasteiger partial charge in [0.1, 0.15) is 0 Å². The van der Waals surface area contributed by atoms with Crippen LogP contribution in [0.5, 0.6) is 0 Å². The van der Waals surface area contributed by atoms with Gasteiger partial charge in [0, 0.05) is 18.3 Å². The zero-order valence-corrected chi connectivity index (χ0v) is 11.7. The number of aryl methyl sites for hydroxylation is 1. The number of thiazole rings is 1. The summed E-state index contributed by atoms with van der Waals surface area (Å²) in [6.45, 7) is 3.76. The van der Waals surface area contributed by atoms with E-state index in [-0.39, 0.29) is 11.9 Å².